The van der Waals surface area contributed by atoms with Gasteiger partial charge in [-0.25, -0.2) is 9.38 Å². The molecule has 136 valence electrons. The lowest BCUT2D eigenvalue weighted by atomic mass is 9.96. The average molecular weight is 457 g/mol. The first kappa shape index (κ1) is 21.4. The summed E-state index contributed by atoms with van der Waals surface area (Å²) in [7, 11) is 3.78. The van der Waals surface area contributed by atoms with Crippen LogP contribution in [0.25, 0.3) is 0 Å². The number of benzene rings is 2. The molecule has 0 heterocycles. The van der Waals surface area contributed by atoms with Gasteiger partial charge in [-0.2, -0.15) is 0 Å². The summed E-state index contributed by atoms with van der Waals surface area (Å²) in [6, 6.07) is 15.8. The van der Waals surface area contributed by atoms with E-state index in [0.717, 1.165) is 5.56 Å². The van der Waals surface area contributed by atoms with Gasteiger partial charge in [-0.3, -0.25) is 0 Å². The van der Waals surface area contributed by atoms with Crippen molar-refractivity contribution in [3.05, 3.63) is 71.5 Å². The van der Waals surface area contributed by atoms with Crippen LogP contribution < -0.4 is 5.32 Å². The SMILES string of the molecule is CN(C)C(=NCc1ccccc1)NCC(C)(O)c1ccc(F)cc1.I. The Labute approximate surface area is 165 Å². The molecule has 0 aromatic heterocycles. The van der Waals surface area contributed by atoms with Crippen LogP contribution in [0.1, 0.15) is 18.1 Å². The highest BCUT2D eigenvalue weighted by atomic mass is 127. The summed E-state index contributed by atoms with van der Waals surface area (Å²) >= 11 is 0. The third-order valence-corrected chi connectivity index (χ3v) is 3.73. The molecule has 2 N–H and O–H groups in total. The summed E-state index contributed by atoms with van der Waals surface area (Å²) in [6.07, 6.45) is 0. The van der Waals surface area contributed by atoms with E-state index in [-0.39, 0.29) is 36.3 Å². The van der Waals surface area contributed by atoms with Crippen LogP contribution in [0.15, 0.2) is 59.6 Å². The lowest BCUT2D eigenvalue weighted by Gasteiger charge is -2.27. The minimum atomic E-state index is -1.13. The number of aliphatic hydroxyl groups is 1. The molecule has 0 aliphatic heterocycles. The molecule has 0 spiro atoms. The van der Waals surface area contributed by atoms with Gasteiger partial charge in [-0.05, 0) is 30.2 Å². The fourth-order valence-electron chi connectivity index (χ4n) is 2.27. The lowest BCUT2D eigenvalue weighted by molar-refractivity contribution is 0.0612. The van der Waals surface area contributed by atoms with E-state index in [1.54, 1.807) is 19.1 Å². The van der Waals surface area contributed by atoms with Gasteiger partial charge < -0.3 is 15.3 Å². The first-order chi connectivity index (χ1) is 11.4. The van der Waals surface area contributed by atoms with Crippen LogP contribution in [0.5, 0.6) is 0 Å². The van der Waals surface area contributed by atoms with Crippen molar-refractivity contribution in [1.29, 1.82) is 0 Å². The molecule has 2 aromatic rings. The molecule has 0 aliphatic carbocycles. The second kappa shape index (κ2) is 9.72. The Morgan fingerprint density at radius 1 is 1.12 bits per heavy atom. The molecule has 1 unspecified atom stereocenters. The Morgan fingerprint density at radius 2 is 1.72 bits per heavy atom. The Kier molecular flexibility index (Phi) is 8.31. The number of aliphatic imine (C=N–C) groups is 1. The maximum Gasteiger partial charge on any atom is 0.193 e. The molecule has 0 bridgehead atoms. The first-order valence-corrected chi connectivity index (χ1v) is 7.86. The van der Waals surface area contributed by atoms with Gasteiger partial charge in [0.05, 0.1) is 13.1 Å². The predicted molar refractivity (Wildman–Crippen MR) is 111 cm³/mol. The zero-order chi connectivity index (χ0) is 17.6. The summed E-state index contributed by atoms with van der Waals surface area (Å²) in [4.78, 5) is 6.43. The van der Waals surface area contributed by atoms with E-state index in [9.17, 15) is 9.50 Å². The van der Waals surface area contributed by atoms with Crippen LogP contribution >= 0.6 is 24.0 Å². The van der Waals surface area contributed by atoms with Gasteiger partial charge >= 0.3 is 0 Å². The summed E-state index contributed by atoms with van der Waals surface area (Å²) in [5.74, 6) is 0.363. The highest BCUT2D eigenvalue weighted by molar-refractivity contribution is 14.0. The number of halogens is 2. The number of hydrogen-bond donors (Lipinski definition) is 2. The molecule has 4 nitrogen and oxygen atoms in total. The van der Waals surface area contributed by atoms with E-state index in [4.69, 9.17) is 0 Å². The average Bonchev–Trinajstić information content (AvgIpc) is 2.55. The summed E-state index contributed by atoms with van der Waals surface area (Å²) in [6.45, 7) is 2.52. The maximum atomic E-state index is 13.0. The largest absolute Gasteiger partial charge is 0.384 e. The number of rotatable bonds is 5. The monoisotopic (exact) mass is 457 g/mol. The van der Waals surface area contributed by atoms with Crippen molar-refractivity contribution in [2.24, 2.45) is 4.99 Å². The zero-order valence-corrected chi connectivity index (χ0v) is 17.1. The van der Waals surface area contributed by atoms with Crippen molar-refractivity contribution < 1.29 is 9.50 Å². The van der Waals surface area contributed by atoms with Crippen molar-refractivity contribution >= 4 is 29.9 Å². The van der Waals surface area contributed by atoms with Gasteiger partial charge in [0.2, 0.25) is 0 Å². The maximum absolute atomic E-state index is 13.0. The third kappa shape index (κ3) is 6.62. The van der Waals surface area contributed by atoms with Crippen LogP contribution in [-0.4, -0.2) is 36.6 Å². The molecular formula is C19H25FIN3O. The minimum absolute atomic E-state index is 0. The second-order valence-corrected chi connectivity index (χ2v) is 6.15. The number of guanidine groups is 1. The Morgan fingerprint density at radius 3 is 2.28 bits per heavy atom. The summed E-state index contributed by atoms with van der Waals surface area (Å²) < 4.78 is 13.0. The van der Waals surface area contributed by atoms with E-state index < -0.39 is 5.60 Å². The molecule has 0 fully saturated rings. The van der Waals surface area contributed by atoms with Crippen molar-refractivity contribution in [1.82, 2.24) is 10.2 Å². The van der Waals surface area contributed by atoms with Gasteiger partial charge in [-0.1, -0.05) is 42.5 Å². The van der Waals surface area contributed by atoms with E-state index >= 15 is 0 Å². The smallest absolute Gasteiger partial charge is 0.193 e. The van der Waals surface area contributed by atoms with Gasteiger partial charge in [-0.15, -0.1) is 24.0 Å². The molecule has 25 heavy (non-hydrogen) atoms. The van der Waals surface area contributed by atoms with Crippen LogP contribution in [-0.2, 0) is 12.1 Å². The third-order valence-electron chi connectivity index (χ3n) is 3.73. The standard InChI is InChI=1S/C19H24FN3O.HI/c1-19(24,16-9-11-17(20)12-10-16)14-22-18(23(2)3)21-13-15-7-5-4-6-8-15;/h4-12,24H,13-14H2,1-3H3,(H,21,22);1H. The molecule has 6 heteroatoms. The normalized spacial score (nSPS) is 13.6. The van der Waals surface area contributed by atoms with Gasteiger partial charge in [0.25, 0.3) is 0 Å². The molecule has 0 aliphatic rings. The predicted octanol–water partition coefficient (Wildman–Crippen LogP) is 3.36. The lowest BCUT2D eigenvalue weighted by Crippen LogP contribution is -2.44. The minimum Gasteiger partial charge on any atom is -0.384 e. The van der Waals surface area contributed by atoms with Crippen molar-refractivity contribution in [3.8, 4) is 0 Å². The van der Waals surface area contributed by atoms with Gasteiger partial charge in [0.15, 0.2) is 5.96 Å². The number of nitrogens with one attached hydrogen (secondary N) is 1. The highest BCUT2D eigenvalue weighted by Crippen LogP contribution is 2.19. The first-order valence-electron chi connectivity index (χ1n) is 7.86. The van der Waals surface area contributed by atoms with Crippen LogP contribution in [0.4, 0.5) is 4.39 Å². The van der Waals surface area contributed by atoms with Crippen LogP contribution in [0, 0.1) is 5.82 Å². The van der Waals surface area contributed by atoms with E-state index in [2.05, 4.69) is 10.3 Å². The number of nitrogens with zero attached hydrogens (tertiary/aromatic N) is 2. The highest BCUT2D eigenvalue weighted by Gasteiger charge is 2.23. The molecule has 0 amide bonds. The van der Waals surface area contributed by atoms with Crippen molar-refractivity contribution in [3.63, 3.8) is 0 Å². The Hall–Kier alpha value is -1.67. The molecule has 0 saturated carbocycles. The zero-order valence-electron chi connectivity index (χ0n) is 14.7. The van der Waals surface area contributed by atoms with E-state index in [1.807, 2.05) is 49.3 Å². The molecular weight excluding hydrogens is 432 g/mol. The molecule has 0 radical (unpaired) electrons. The molecule has 0 saturated heterocycles. The fourth-order valence-corrected chi connectivity index (χ4v) is 2.27. The fraction of sp³-hybridized carbons (Fsp3) is 0.316. The van der Waals surface area contributed by atoms with E-state index in [1.165, 1.54) is 12.1 Å². The second-order valence-electron chi connectivity index (χ2n) is 6.15. The Balaban J connectivity index is 0.00000312. The molecule has 1 atom stereocenters. The topological polar surface area (TPSA) is 47.9 Å². The van der Waals surface area contributed by atoms with Gasteiger partial charge in [0, 0.05) is 14.1 Å². The van der Waals surface area contributed by atoms with Crippen molar-refractivity contribution in [2.45, 2.75) is 19.1 Å². The van der Waals surface area contributed by atoms with E-state index in [0.29, 0.717) is 18.1 Å². The molecule has 2 aromatic carbocycles. The number of hydrogen-bond acceptors (Lipinski definition) is 2. The van der Waals surface area contributed by atoms with Crippen molar-refractivity contribution in [2.75, 3.05) is 20.6 Å². The van der Waals surface area contributed by atoms with Crippen LogP contribution in [0.3, 0.4) is 0 Å². The quantitative estimate of drug-likeness (QED) is 0.412. The van der Waals surface area contributed by atoms with Crippen LogP contribution in [0.2, 0.25) is 0 Å². The Bertz CT molecular complexity index is 673. The summed E-state index contributed by atoms with van der Waals surface area (Å²) in [5.41, 5.74) is 0.638. The van der Waals surface area contributed by atoms with Gasteiger partial charge in [0.1, 0.15) is 11.4 Å². The molecule has 2 rings (SSSR count). The summed E-state index contributed by atoms with van der Waals surface area (Å²) in [5, 5.41) is 13.8.